The average molecular weight is 467 g/mol. The van der Waals surface area contributed by atoms with Crippen molar-refractivity contribution in [3.8, 4) is 11.5 Å². The molecule has 4 rings (SSSR count). The minimum atomic E-state index is -0.0496. The molecule has 1 spiro atoms. The molecule has 3 fully saturated rings. The maximum Gasteiger partial charge on any atom is 0.223 e. The van der Waals surface area contributed by atoms with Crippen molar-refractivity contribution in [1.29, 1.82) is 0 Å². The van der Waals surface area contributed by atoms with Gasteiger partial charge in [-0.3, -0.25) is 9.69 Å². The van der Waals surface area contributed by atoms with Crippen LogP contribution in [0.1, 0.15) is 44.1 Å². The summed E-state index contributed by atoms with van der Waals surface area (Å²) >= 11 is 6.57. The summed E-state index contributed by atoms with van der Waals surface area (Å²) in [5.74, 6) is 1.48. The van der Waals surface area contributed by atoms with Crippen LogP contribution in [0.15, 0.2) is 12.1 Å². The molecule has 1 atom stereocenters. The number of rotatable bonds is 7. The minimum Gasteiger partial charge on any atom is -0.493 e. The molecule has 0 unspecified atom stereocenters. The quantitative estimate of drug-likeness (QED) is 0.664. The fourth-order valence-corrected chi connectivity index (χ4v) is 5.43. The van der Waals surface area contributed by atoms with E-state index in [1.165, 1.54) is 0 Å². The fraction of sp³-hybridized carbons (Fsp3) is 0.708. The lowest BCUT2D eigenvalue weighted by molar-refractivity contribution is -0.129. The summed E-state index contributed by atoms with van der Waals surface area (Å²) in [6.07, 6.45) is 5.84. The molecule has 3 aliphatic rings. The highest BCUT2D eigenvalue weighted by molar-refractivity contribution is 6.33. The molecule has 0 bridgehead atoms. The second kappa shape index (κ2) is 10.6. The molecule has 8 heteroatoms. The monoisotopic (exact) mass is 466 g/mol. The van der Waals surface area contributed by atoms with Crippen LogP contribution in [0.3, 0.4) is 0 Å². The number of nitrogens with one attached hydrogen (secondary N) is 1. The molecule has 1 N–H and O–H groups in total. The Balaban J connectivity index is 1.24. The lowest BCUT2D eigenvalue weighted by Crippen LogP contribution is -2.45. The zero-order valence-corrected chi connectivity index (χ0v) is 19.9. The first-order chi connectivity index (χ1) is 15.5. The molecule has 7 nitrogen and oxygen atoms in total. The van der Waals surface area contributed by atoms with Crippen molar-refractivity contribution in [3.05, 3.63) is 22.7 Å². The third-order valence-electron chi connectivity index (χ3n) is 7.16. The van der Waals surface area contributed by atoms with Crippen molar-refractivity contribution in [2.24, 2.45) is 5.92 Å². The van der Waals surface area contributed by atoms with Gasteiger partial charge in [-0.25, -0.2) is 0 Å². The lowest BCUT2D eigenvalue weighted by atomic mass is 9.88. The zero-order valence-electron chi connectivity index (χ0n) is 19.2. The molecule has 0 radical (unpaired) electrons. The van der Waals surface area contributed by atoms with Gasteiger partial charge < -0.3 is 24.3 Å². The topological polar surface area (TPSA) is 69.3 Å². The van der Waals surface area contributed by atoms with Crippen LogP contribution >= 0.6 is 11.6 Å². The van der Waals surface area contributed by atoms with E-state index in [0.29, 0.717) is 36.3 Å². The van der Waals surface area contributed by atoms with Crippen LogP contribution in [0.2, 0.25) is 5.02 Å². The Morgan fingerprint density at radius 2 is 1.91 bits per heavy atom. The number of amides is 1. The van der Waals surface area contributed by atoms with Gasteiger partial charge in [0.05, 0.1) is 30.9 Å². The number of hydrogen-bond donors (Lipinski definition) is 1. The van der Waals surface area contributed by atoms with Gasteiger partial charge in [0.1, 0.15) is 0 Å². The maximum atomic E-state index is 12.4. The molecular formula is C24H35ClN2O5. The van der Waals surface area contributed by atoms with Crippen LogP contribution in [0.25, 0.3) is 0 Å². The molecule has 32 heavy (non-hydrogen) atoms. The first-order valence-electron chi connectivity index (χ1n) is 11.7. The SMILES string of the molecule is COc1ccc(CN2CCC3(CC[C@@H](CNC(=O)C4CCOCC4)O3)CC2)c(Cl)c1OC. The first kappa shape index (κ1) is 23.6. The van der Waals surface area contributed by atoms with Crippen LogP contribution in [-0.2, 0) is 20.8 Å². The number of halogens is 1. The third kappa shape index (κ3) is 5.33. The van der Waals surface area contributed by atoms with Crippen molar-refractivity contribution < 1.29 is 23.7 Å². The van der Waals surface area contributed by atoms with Crippen LogP contribution < -0.4 is 14.8 Å². The number of benzene rings is 1. The molecule has 1 aromatic carbocycles. The van der Waals surface area contributed by atoms with Crippen LogP contribution in [0.4, 0.5) is 0 Å². The predicted molar refractivity (Wildman–Crippen MR) is 122 cm³/mol. The van der Waals surface area contributed by atoms with Gasteiger partial charge in [-0.15, -0.1) is 0 Å². The highest BCUT2D eigenvalue weighted by Crippen LogP contribution is 2.41. The highest BCUT2D eigenvalue weighted by atomic mass is 35.5. The Kier molecular flexibility index (Phi) is 7.82. The zero-order chi connectivity index (χ0) is 22.6. The van der Waals surface area contributed by atoms with E-state index >= 15 is 0 Å². The molecule has 3 aliphatic heterocycles. The summed E-state index contributed by atoms with van der Waals surface area (Å²) in [7, 11) is 3.22. The van der Waals surface area contributed by atoms with Crippen molar-refractivity contribution in [3.63, 3.8) is 0 Å². The van der Waals surface area contributed by atoms with E-state index < -0.39 is 0 Å². The van der Waals surface area contributed by atoms with E-state index in [0.717, 1.165) is 63.7 Å². The van der Waals surface area contributed by atoms with Crippen molar-refractivity contribution >= 4 is 17.5 Å². The smallest absolute Gasteiger partial charge is 0.223 e. The van der Waals surface area contributed by atoms with Crippen LogP contribution in [0, 0.1) is 5.92 Å². The lowest BCUT2D eigenvalue weighted by Gasteiger charge is -2.39. The van der Waals surface area contributed by atoms with Gasteiger partial charge in [0.15, 0.2) is 11.5 Å². The normalized spacial score (nSPS) is 23.9. The van der Waals surface area contributed by atoms with E-state index in [4.69, 9.17) is 30.5 Å². The summed E-state index contributed by atoms with van der Waals surface area (Å²) in [4.78, 5) is 14.8. The molecular weight excluding hydrogens is 432 g/mol. The van der Waals surface area contributed by atoms with Gasteiger partial charge in [0.2, 0.25) is 5.91 Å². The molecule has 1 aromatic rings. The highest BCUT2D eigenvalue weighted by Gasteiger charge is 2.42. The van der Waals surface area contributed by atoms with Gasteiger partial charge >= 0.3 is 0 Å². The van der Waals surface area contributed by atoms with E-state index in [-0.39, 0.29) is 23.5 Å². The van der Waals surface area contributed by atoms with Gasteiger partial charge in [-0.2, -0.15) is 0 Å². The second-order valence-electron chi connectivity index (χ2n) is 9.14. The van der Waals surface area contributed by atoms with Crippen molar-refractivity contribution in [2.75, 3.05) is 47.1 Å². The number of methoxy groups -OCH3 is 2. The van der Waals surface area contributed by atoms with Gasteiger partial charge in [0, 0.05) is 45.3 Å². The number of carbonyl (C=O) groups is 1. The molecule has 0 aromatic heterocycles. The van der Waals surface area contributed by atoms with E-state index in [1.807, 2.05) is 12.1 Å². The molecule has 3 heterocycles. The van der Waals surface area contributed by atoms with Gasteiger partial charge in [-0.05, 0) is 50.2 Å². The Hall–Kier alpha value is -1.54. The standard InChI is InChI=1S/C24H35ClN2O5/c1-29-20-4-3-18(21(25)22(20)30-2)16-27-11-9-24(10-12-27)8-5-19(32-24)15-26-23(28)17-6-13-31-14-7-17/h3-4,17,19H,5-16H2,1-2H3,(H,26,28)/t19-/m0/s1. The van der Waals surface area contributed by atoms with Gasteiger partial charge in [-0.1, -0.05) is 17.7 Å². The van der Waals surface area contributed by atoms with Gasteiger partial charge in [0.25, 0.3) is 0 Å². The second-order valence-corrected chi connectivity index (χ2v) is 9.52. The van der Waals surface area contributed by atoms with Crippen LogP contribution in [0.5, 0.6) is 11.5 Å². The van der Waals surface area contributed by atoms with E-state index in [9.17, 15) is 4.79 Å². The third-order valence-corrected chi connectivity index (χ3v) is 7.58. The van der Waals surface area contributed by atoms with Crippen molar-refractivity contribution in [2.45, 2.75) is 56.8 Å². The predicted octanol–water partition coefficient (Wildman–Crippen LogP) is 3.41. The molecule has 0 saturated carbocycles. The number of piperidine rings is 1. The average Bonchev–Trinajstić information content (AvgIpc) is 3.23. The summed E-state index contributed by atoms with van der Waals surface area (Å²) in [5, 5.41) is 3.73. The van der Waals surface area contributed by atoms with Crippen LogP contribution in [-0.4, -0.2) is 69.6 Å². The number of likely N-dealkylation sites (tertiary alicyclic amines) is 1. The number of nitrogens with zero attached hydrogens (tertiary/aromatic N) is 1. The molecule has 3 saturated heterocycles. The number of hydrogen-bond acceptors (Lipinski definition) is 6. The first-order valence-corrected chi connectivity index (χ1v) is 12.1. The maximum absolute atomic E-state index is 12.4. The molecule has 178 valence electrons. The number of carbonyl (C=O) groups excluding carboxylic acids is 1. The number of ether oxygens (including phenoxy) is 4. The summed E-state index contributed by atoms with van der Waals surface area (Å²) in [5.41, 5.74) is 0.993. The summed E-state index contributed by atoms with van der Waals surface area (Å²) < 4.78 is 22.6. The molecule has 1 amide bonds. The summed E-state index contributed by atoms with van der Waals surface area (Å²) in [6.45, 7) is 4.69. The van der Waals surface area contributed by atoms with Crippen molar-refractivity contribution in [1.82, 2.24) is 10.2 Å². The summed E-state index contributed by atoms with van der Waals surface area (Å²) in [6, 6.07) is 3.92. The largest absolute Gasteiger partial charge is 0.493 e. The minimum absolute atomic E-state index is 0.0496. The Bertz CT molecular complexity index is 791. The Morgan fingerprint density at radius 3 is 2.59 bits per heavy atom. The van der Waals surface area contributed by atoms with E-state index in [2.05, 4.69) is 10.2 Å². The Morgan fingerprint density at radius 1 is 1.16 bits per heavy atom. The Labute approximate surface area is 195 Å². The molecule has 0 aliphatic carbocycles. The fourth-order valence-electron chi connectivity index (χ4n) is 5.14. The van der Waals surface area contributed by atoms with E-state index in [1.54, 1.807) is 14.2 Å².